The number of fused-ring (bicyclic) bond motifs is 1. The average Bonchev–Trinajstić information content (AvgIpc) is 3.12. The Bertz CT molecular complexity index is 603. The predicted molar refractivity (Wildman–Crippen MR) is 87.3 cm³/mol. The quantitative estimate of drug-likeness (QED) is 0.865. The van der Waals surface area contributed by atoms with Crippen molar-refractivity contribution in [3.05, 3.63) is 17.0 Å². The molecule has 1 aromatic rings. The number of H-pyrrole nitrogens is 1. The molecule has 126 valence electrons. The monoisotopic (exact) mass is 317 g/mol. The summed E-state index contributed by atoms with van der Waals surface area (Å²) in [6, 6.07) is 0. The van der Waals surface area contributed by atoms with Gasteiger partial charge in [0.2, 0.25) is 0 Å². The Kier molecular flexibility index (Phi) is 3.71. The maximum Gasteiger partial charge on any atom is 0.274 e. The van der Waals surface area contributed by atoms with Gasteiger partial charge < -0.3 is 9.64 Å². The zero-order valence-corrected chi connectivity index (χ0v) is 14.2. The van der Waals surface area contributed by atoms with Gasteiger partial charge in [-0.1, -0.05) is 19.3 Å². The third kappa shape index (κ3) is 2.59. The number of carbonyl (C=O) groups excluding carboxylic acids is 1. The molecule has 1 N–H and O–H groups in total. The summed E-state index contributed by atoms with van der Waals surface area (Å²) in [6.45, 7) is 5.90. The Balaban J connectivity index is 1.54. The normalized spacial score (nSPS) is 29.7. The van der Waals surface area contributed by atoms with Gasteiger partial charge in [0.15, 0.2) is 5.69 Å². The molecular weight excluding hydrogens is 290 g/mol. The van der Waals surface area contributed by atoms with Gasteiger partial charge >= 0.3 is 0 Å². The molecule has 1 aromatic heterocycles. The lowest BCUT2D eigenvalue weighted by Gasteiger charge is -2.33. The van der Waals surface area contributed by atoms with Crippen LogP contribution in [0, 0.1) is 5.41 Å². The zero-order chi connectivity index (χ0) is 16.0. The molecule has 0 unspecified atom stereocenters. The molecule has 3 heterocycles. The van der Waals surface area contributed by atoms with Gasteiger partial charge in [-0.25, -0.2) is 0 Å². The SMILES string of the molecule is C[C@@H]1Cc2c(C(=O)N3CCC4(CCCCC4)C3)n[nH]c2[C@H](C)O1. The fourth-order valence-electron chi connectivity index (χ4n) is 4.82. The Morgan fingerprint density at radius 2 is 2.04 bits per heavy atom. The highest BCUT2D eigenvalue weighted by molar-refractivity contribution is 5.94. The van der Waals surface area contributed by atoms with E-state index in [9.17, 15) is 4.79 Å². The highest BCUT2D eigenvalue weighted by atomic mass is 16.5. The van der Waals surface area contributed by atoms with Crippen molar-refractivity contribution in [2.24, 2.45) is 5.41 Å². The highest BCUT2D eigenvalue weighted by Crippen LogP contribution is 2.44. The third-order valence-corrected chi connectivity index (χ3v) is 6.08. The van der Waals surface area contributed by atoms with E-state index in [0.29, 0.717) is 11.1 Å². The first-order valence-corrected chi connectivity index (χ1v) is 9.10. The molecule has 3 aliphatic rings. The van der Waals surface area contributed by atoms with Crippen LogP contribution in [0.5, 0.6) is 0 Å². The minimum atomic E-state index is -0.00827. The Labute approximate surface area is 137 Å². The lowest BCUT2D eigenvalue weighted by molar-refractivity contribution is -0.00701. The van der Waals surface area contributed by atoms with Crippen molar-refractivity contribution in [1.82, 2.24) is 15.1 Å². The molecule has 1 saturated carbocycles. The van der Waals surface area contributed by atoms with Crippen molar-refractivity contribution in [3.63, 3.8) is 0 Å². The van der Waals surface area contributed by atoms with Crippen LogP contribution in [0.15, 0.2) is 0 Å². The van der Waals surface area contributed by atoms with Crippen LogP contribution in [-0.4, -0.2) is 40.2 Å². The van der Waals surface area contributed by atoms with E-state index in [1.54, 1.807) is 0 Å². The van der Waals surface area contributed by atoms with Gasteiger partial charge in [-0.05, 0) is 38.5 Å². The minimum absolute atomic E-state index is 0.00827. The van der Waals surface area contributed by atoms with Gasteiger partial charge in [-0.3, -0.25) is 9.89 Å². The van der Waals surface area contributed by atoms with E-state index < -0.39 is 0 Å². The van der Waals surface area contributed by atoms with Gasteiger partial charge in [0.05, 0.1) is 17.9 Å². The molecule has 5 nitrogen and oxygen atoms in total. The summed E-state index contributed by atoms with van der Waals surface area (Å²) in [5.74, 6) is 0.117. The van der Waals surface area contributed by atoms with Crippen molar-refractivity contribution >= 4 is 5.91 Å². The maximum atomic E-state index is 13.0. The number of amides is 1. The van der Waals surface area contributed by atoms with Crippen LogP contribution in [0.3, 0.4) is 0 Å². The standard InChI is InChI=1S/C18H27N3O2/c1-12-10-14-15(13(2)23-12)19-20-16(14)17(22)21-9-8-18(11-21)6-4-3-5-7-18/h12-13H,3-11H2,1-2H3,(H,19,20)/t12-,13+/m1/s1. The number of nitrogens with zero attached hydrogens (tertiary/aromatic N) is 2. The first-order chi connectivity index (χ1) is 11.1. The summed E-state index contributed by atoms with van der Waals surface area (Å²) in [4.78, 5) is 15.1. The van der Waals surface area contributed by atoms with E-state index in [4.69, 9.17) is 4.74 Å². The summed E-state index contributed by atoms with van der Waals surface area (Å²) in [7, 11) is 0. The molecule has 1 saturated heterocycles. The summed E-state index contributed by atoms with van der Waals surface area (Å²) in [5.41, 5.74) is 3.09. The van der Waals surface area contributed by atoms with Crippen LogP contribution in [0.1, 0.15) is 80.2 Å². The Hall–Kier alpha value is -1.36. The second-order valence-electron chi connectivity index (χ2n) is 7.79. The van der Waals surface area contributed by atoms with Crippen molar-refractivity contribution < 1.29 is 9.53 Å². The molecule has 1 amide bonds. The average molecular weight is 317 g/mol. The van der Waals surface area contributed by atoms with Crippen molar-refractivity contribution in [2.75, 3.05) is 13.1 Å². The second kappa shape index (κ2) is 5.62. The van der Waals surface area contributed by atoms with Gasteiger partial charge in [0.25, 0.3) is 5.91 Å². The summed E-state index contributed by atoms with van der Waals surface area (Å²) < 4.78 is 5.83. The molecule has 5 heteroatoms. The number of hydrogen-bond donors (Lipinski definition) is 1. The van der Waals surface area contributed by atoms with E-state index in [-0.39, 0.29) is 18.1 Å². The van der Waals surface area contributed by atoms with E-state index >= 15 is 0 Å². The highest BCUT2D eigenvalue weighted by Gasteiger charge is 2.42. The van der Waals surface area contributed by atoms with Crippen LogP contribution in [0.4, 0.5) is 0 Å². The lowest BCUT2D eigenvalue weighted by atomic mass is 9.73. The molecule has 0 bridgehead atoms. The third-order valence-electron chi connectivity index (χ3n) is 6.08. The summed E-state index contributed by atoms with van der Waals surface area (Å²) in [6.07, 6.45) is 8.67. The fourth-order valence-corrected chi connectivity index (χ4v) is 4.82. The first-order valence-electron chi connectivity index (χ1n) is 9.10. The van der Waals surface area contributed by atoms with Crippen LogP contribution in [-0.2, 0) is 11.2 Å². The molecule has 4 rings (SSSR count). The Morgan fingerprint density at radius 1 is 1.26 bits per heavy atom. The van der Waals surface area contributed by atoms with Crippen molar-refractivity contribution in [1.29, 1.82) is 0 Å². The second-order valence-corrected chi connectivity index (χ2v) is 7.79. The zero-order valence-electron chi connectivity index (χ0n) is 14.2. The number of carbonyl (C=O) groups is 1. The van der Waals surface area contributed by atoms with Crippen LogP contribution < -0.4 is 0 Å². The van der Waals surface area contributed by atoms with Crippen molar-refractivity contribution in [2.45, 2.75) is 71.0 Å². The molecule has 1 spiro atoms. The molecule has 0 aromatic carbocycles. The number of aromatic nitrogens is 2. The molecule has 2 fully saturated rings. The van der Waals surface area contributed by atoms with Crippen LogP contribution >= 0.6 is 0 Å². The van der Waals surface area contributed by atoms with Crippen LogP contribution in [0.2, 0.25) is 0 Å². The smallest absolute Gasteiger partial charge is 0.274 e. The van der Waals surface area contributed by atoms with E-state index in [0.717, 1.165) is 30.8 Å². The fraction of sp³-hybridized carbons (Fsp3) is 0.778. The largest absolute Gasteiger partial charge is 0.369 e. The minimum Gasteiger partial charge on any atom is -0.369 e. The molecule has 2 aliphatic heterocycles. The van der Waals surface area contributed by atoms with E-state index in [1.165, 1.54) is 38.5 Å². The number of rotatable bonds is 1. The van der Waals surface area contributed by atoms with Gasteiger partial charge in [0, 0.05) is 25.1 Å². The van der Waals surface area contributed by atoms with E-state index in [2.05, 4.69) is 17.1 Å². The lowest BCUT2D eigenvalue weighted by Crippen LogP contribution is -2.34. The van der Waals surface area contributed by atoms with Gasteiger partial charge in [0.1, 0.15) is 0 Å². The molecule has 2 atom stereocenters. The summed E-state index contributed by atoms with van der Waals surface area (Å²) in [5, 5.41) is 7.41. The number of ether oxygens (including phenoxy) is 1. The van der Waals surface area contributed by atoms with E-state index in [1.807, 2.05) is 11.8 Å². The number of likely N-dealkylation sites (tertiary alicyclic amines) is 1. The first kappa shape index (κ1) is 15.2. The molecule has 1 aliphatic carbocycles. The Morgan fingerprint density at radius 3 is 2.83 bits per heavy atom. The number of nitrogens with one attached hydrogen (secondary N) is 1. The number of aromatic amines is 1. The van der Waals surface area contributed by atoms with Crippen molar-refractivity contribution in [3.8, 4) is 0 Å². The van der Waals surface area contributed by atoms with Gasteiger partial charge in [-0.2, -0.15) is 5.10 Å². The topological polar surface area (TPSA) is 58.2 Å². The molecular formula is C18H27N3O2. The maximum absolute atomic E-state index is 13.0. The van der Waals surface area contributed by atoms with Gasteiger partial charge in [-0.15, -0.1) is 0 Å². The summed E-state index contributed by atoms with van der Waals surface area (Å²) >= 11 is 0. The predicted octanol–water partition coefficient (Wildman–Crippen LogP) is 3.23. The molecule has 0 radical (unpaired) electrons. The number of hydrogen-bond acceptors (Lipinski definition) is 3. The molecule has 23 heavy (non-hydrogen) atoms. The van der Waals surface area contributed by atoms with Crippen LogP contribution in [0.25, 0.3) is 0 Å².